The molecule has 1 atom stereocenters. The maximum Gasteiger partial charge on any atom is 0.165 e. The van der Waals surface area contributed by atoms with Gasteiger partial charge in [0.1, 0.15) is 6.17 Å². The highest BCUT2D eigenvalue weighted by Gasteiger charge is 2.15. The summed E-state index contributed by atoms with van der Waals surface area (Å²) in [6.07, 6.45) is 5.72. The lowest BCUT2D eigenvalue weighted by Gasteiger charge is -2.20. The van der Waals surface area contributed by atoms with Crippen molar-refractivity contribution < 1.29 is 0 Å². The fourth-order valence-electron chi connectivity index (χ4n) is 1.59. The number of hydrogen-bond donors (Lipinski definition) is 2. The zero-order valence-electron chi connectivity index (χ0n) is 8.60. The highest BCUT2D eigenvalue weighted by atomic mass is 79.9. The number of nitrogens with two attached hydrogens (primary N) is 1. The van der Waals surface area contributed by atoms with Gasteiger partial charge in [-0.2, -0.15) is 0 Å². The summed E-state index contributed by atoms with van der Waals surface area (Å²) < 4.78 is 0.391. The number of allylic oxidation sites excluding steroid dienone is 2. The molecule has 0 spiro atoms. The van der Waals surface area contributed by atoms with Crippen molar-refractivity contribution >= 4 is 26.2 Å². The first kappa shape index (κ1) is 11.0. The van der Waals surface area contributed by atoms with Gasteiger partial charge >= 0.3 is 0 Å². The molecule has 1 unspecified atom stereocenters. The first-order chi connectivity index (χ1) is 7.77. The molecule has 0 radical (unpaired) electrons. The van der Waals surface area contributed by atoms with E-state index < -0.39 is 0 Å². The third-order valence-electron chi connectivity index (χ3n) is 2.28. The van der Waals surface area contributed by atoms with Crippen LogP contribution >= 0.6 is 15.9 Å². The van der Waals surface area contributed by atoms with Gasteiger partial charge in [0.05, 0.1) is 0 Å². The number of amidine groups is 1. The molecule has 1 aromatic carbocycles. The van der Waals surface area contributed by atoms with Crippen molar-refractivity contribution in [1.82, 2.24) is 5.32 Å². The molecule has 1 aromatic rings. The van der Waals surface area contributed by atoms with Gasteiger partial charge in [0.2, 0.25) is 0 Å². The van der Waals surface area contributed by atoms with E-state index in [-0.39, 0.29) is 6.17 Å². The zero-order valence-corrected chi connectivity index (χ0v) is 10.2. The molecule has 1 aliphatic heterocycles. The number of nitrogens with zero attached hydrogens (tertiary/aromatic N) is 1. The average molecular weight is 278 g/mol. The summed E-state index contributed by atoms with van der Waals surface area (Å²) >= 11 is 3.15. The van der Waals surface area contributed by atoms with Crippen LogP contribution in [0.15, 0.2) is 53.7 Å². The molecule has 3 N–H and O–H groups in total. The summed E-state index contributed by atoms with van der Waals surface area (Å²) in [6, 6.07) is 10.1. The smallest absolute Gasteiger partial charge is 0.165 e. The Hall–Kier alpha value is -1.55. The van der Waals surface area contributed by atoms with Crippen molar-refractivity contribution in [1.29, 1.82) is 0 Å². The van der Waals surface area contributed by atoms with Gasteiger partial charge < -0.3 is 11.1 Å². The van der Waals surface area contributed by atoms with Crippen molar-refractivity contribution in [2.75, 3.05) is 0 Å². The summed E-state index contributed by atoms with van der Waals surface area (Å²) in [5.74, 6) is 0. The fourth-order valence-corrected chi connectivity index (χ4v) is 1.80. The molecule has 0 amide bonds. The van der Waals surface area contributed by atoms with Crippen LogP contribution in [0.5, 0.6) is 0 Å². The lowest BCUT2D eigenvalue weighted by Crippen LogP contribution is -2.27. The Balaban J connectivity index is 2.34. The quantitative estimate of drug-likeness (QED) is 0.495. The highest BCUT2D eigenvalue weighted by molar-refractivity contribution is 9.18. The van der Waals surface area contributed by atoms with Crippen molar-refractivity contribution in [2.45, 2.75) is 6.17 Å². The lowest BCUT2D eigenvalue weighted by atomic mass is 10.0. The van der Waals surface area contributed by atoms with Gasteiger partial charge in [0.15, 0.2) is 4.74 Å². The van der Waals surface area contributed by atoms with Crippen LogP contribution in [-0.2, 0) is 0 Å². The van der Waals surface area contributed by atoms with Gasteiger partial charge in [-0.15, -0.1) is 0 Å². The molecule has 4 heteroatoms. The van der Waals surface area contributed by atoms with E-state index in [4.69, 9.17) is 5.73 Å². The van der Waals surface area contributed by atoms with Crippen LogP contribution < -0.4 is 11.1 Å². The maximum atomic E-state index is 5.54. The Labute approximate surface area is 103 Å². The lowest BCUT2D eigenvalue weighted by molar-refractivity contribution is 0.748. The standard InChI is InChI=1S/C12H12BrN3/c13-12(14)16-11-10(7-4-8-15-11)9-5-2-1-3-6-9/h1-8,11,15H,(H2,14,16). The molecule has 2 rings (SSSR count). The molecule has 82 valence electrons. The van der Waals surface area contributed by atoms with Gasteiger partial charge in [-0.25, -0.2) is 4.99 Å². The molecule has 3 nitrogen and oxygen atoms in total. The second-order valence-corrected chi connectivity index (χ2v) is 4.18. The third kappa shape index (κ3) is 2.52. The van der Waals surface area contributed by atoms with E-state index in [0.29, 0.717) is 4.74 Å². The molecule has 0 fully saturated rings. The largest absolute Gasteiger partial charge is 0.378 e. The summed E-state index contributed by atoms with van der Waals surface area (Å²) in [5.41, 5.74) is 7.78. The predicted octanol–water partition coefficient (Wildman–Crippen LogP) is 2.22. The average Bonchev–Trinajstić information content (AvgIpc) is 2.30. The number of rotatable bonds is 2. The Morgan fingerprint density at radius 1 is 1.31 bits per heavy atom. The Kier molecular flexibility index (Phi) is 3.41. The molecule has 0 saturated heterocycles. The molecule has 0 bridgehead atoms. The predicted molar refractivity (Wildman–Crippen MR) is 71.0 cm³/mol. The first-order valence-corrected chi connectivity index (χ1v) is 5.73. The number of halogens is 1. The number of dihydropyridines is 1. The molecule has 1 aliphatic rings. The van der Waals surface area contributed by atoms with Crippen molar-refractivity contribution in [3.05, 3.63) is 54.2 Å². The van der Waals surface area contributed by atoms with Crippen molar-refractivity contribution in [3.63, 3.8) is 0 Å². The van der Waals surface area contributed by atoms with E-state index >= 15 is 0 Å². The SMILES string of the molecule is NC(Br)=NC1NC=CC=C1c1ccccc1. The van der Waals surface area contributed by atoms with Gasteiger partial charge in [0.25, 0.3) is 0 Å². The number of aliphatic imine (C=N–C) groups is 1. The summed E-state index contributed by atoms with van der Waals surface area (Å²) in [5, 5.41) is 3.15. The Morgan fingerprint density at radius 3 is 2.75 bits per heavy atom. The minimum atomic E-state index is -0.133. The Morgan fingerprint density at radius 2 is 2.06 bits per heavy atom. The molecule has 1 heterocycles. The summed E-state index contributed by atoms with van der Waals surface area (Å²) in [4.78, 5) is 4.27. The first-order valence-electron chi connectivity index (χ1n) is 4.94. The molecule has 16 heavy (non-hydrogen) atoms. The van der Waals surface area contributed by atoms with Gasteiger partial charge in [0, 0.05) is 5.57 Å². The third-order valence-corrected chi connectivity index (χ3v) is 2.48. The zero-order chi connectivity index (χ0) is 11.4. The van der Waals surface area contributed by atoms with Crippen LogP contribution in [0.3, 0.4) is 0 Å². The molecule has 0 saturated carbocycles. The van der Waals surface area contributed by atoms with Crippen LogP contribution in [-0.4, -0.2) is 10.9 Å². The van der Waals surface area contributed by atoms with E-state index in [2.05, 4.69) is 38.4 Å². The van der Waals surface area contributed by atoms with E-state index in [1.807, 2.05) is 36.6 Å². The number of benzene rings is 1. The monoisotopic (exact) mass is 277 g/mol. The van der Waals surface area contributed by atoms with E-state index in [1.165, 1.54) is 0 Å². The van der Waals surface area contributed by atoms with Gasteiger partial charge in [-0.3, -0.25) is 0 Å². The van der Waals surface area contributed by atoms with Gasteiger partial charge in [-0.05, 0) is 33.8 Å². The van der Waals surface area contributed by atoms with Crippen LogP contribution in [0.25, 0.3) is 5.57 Å². The van der Waals surface area contributed by atoms with E-state index in [1.54, 1.807) is 0 Å². The van der Waals surface area contributed by atoms with Crippen LogP contribution in [0.4, 0.5) is 0 Å². The molecular weight excluding hydrogens is 266 g/mol. The number of hydrogen-bond acceptors (Lipinski definition) is 2. The maximum absolute atomic E-state index is 5.54. The summed E-state index contributed by atoms with van der Waals surface area (Å²) in [6.45, 7) is 0. The molecule has 0 aliphatic carbocycles. The van der Waals surface area contributed by atoms with E-state index in [0.717, 1.165) is 11.1 Å². The van der Waals surface area contributed by atoms with Crippen LogP contribution in [0.1, 0.15) is 5.56 Å². The molecular formula is C12H12BrN3. The van der Waals surface area contributed by atoms with Crippen LogP contribution in [0, 0.1) is 0 Å². The van der Waals surface area contributed by atoms with E-state index in [9.17, 15) is 0 Å². The second kappa shape index (κ2) is 4.99. The number of nitrogens with one attached hydrogen (secondary N) is 1. The topological polar surface area (TPSA) is 50.4 Å². The fraction of sp³-hybridized carbons (Fsp3) is 0.0833. The molecule has 0 aromatic heterocycles. The second-order valence-electron chi connectivity index (χ2n) is 3.37. The normalized spacial score (nSPS) is 20.2. The van der Waals surface area contributed by atoms with Crippen LogP contribution in [0.2, 0.25) is 0 Å². The van der Waals surface area contributed by atoms with Crippen molar-refractivity contribution in [3.8, 4) is 0 Å². The summed E-state index contributed by atoms with van der Waals surface area (Å²) in [7, 11) is 0. The van der Waals surface area contributed by atoms with Crippen molar-refractivity contribution in [2.24, 2.45) is 10.7 Å². The minimum absolute atomic E-state index is 0.133. The Bertz CT molecular complexity index is 445. The minimum Gasteiger partial charge on any atom is -0.378 e. The van der Waals surface area contributed by atoms with Gasteiger partial charge in [-0.1, -0.05) is 36.4 Å². The highest BCUT2D eigenvalue weighted by Crippen LogP contribution is 2.21.